The van der Waals surface area contributed by atoms with Gasteiger partial charge in [0.25, 0.3) is 0 Å². The van der Waals surface area contributed by atoms with Crippen LogP contribution in [-0.4, -0.2) is 81.6 Å². The highest BCUT2D eigenvalue weighted by molar-refractivity contribution is 5.89. The Balaban J connectivity index is 0.00000420. The summed E-state index contributed by atoms with van der Waals surface area (Å²) in [5.74, 6) is 0.0433. The zero-order valence-electron chi connectivity index (χ0n) is 22.8. The number of piperazine rings is 1. The monoisotopic (exact) mass is 560 g/mol. The number of hydrogen-bond acceptors (Lipinski definition) is 7. The van der Waals surface area contributed by atoms with Crippen LogP contribution >= 0.6 is 12.4 Å². The Morgan fingerprint density at radius 3 is 2.21 bits per heavy atom. The molecule has 0 unspecified atom stereocenters. The molecule has 1 aromatic heterocycles. The Kier molecular flexibility index (Phi) is 10.5. The second kappa shape index (κ2) is 13.4. The molecule has 214 valence electrons. The topological polar surface area (TPSA) is 152 Å². The predicted octanol–water partition coefficient (Wildman–Crippen LogP) is 1.47. The van der Waals surface area contributed by atoms with Crippen LogP contribution in [0.5, 0.6) is 0 Å². The number of urea groups is 1. The molecule has 2 aromatic rings. The van der Waals surface area contributed by atoms with Crippen LogP contribution in [0.3, 0.4) is 0 Å². The summed E-state index contributed by atoms with van der Waals surface area (Å²) in [6, 6.07) is 9.99. The number of carbonyl (C=O) groups is 2. The molecular formula is C27H41ClN8O3. The van der Waals surface area contributed by atoms with Gasteiger partial charge in [-0.05, 0) is 76.3 Å². The van der Waals surface area contributed by atoms with E-state index >= 15 is 0 Å². The van der Waals surface area contributed by atoms with E-state index < -0.39 is 11.2 Å². The Labute approximate surface area is 235 Å². The van der Waals surface area contributed by atoms with Gasteiger partial charge in [0.05, 0.1) is 11.2 Å². The smallest absolute Gasteiger partial charge is 0.338 e. The van der Waals surface area contributed by atoms with Crippen molar-refractivity contribution in [3.63, 3.8) is 0 Å². The molecule has 1 saturated heterocycles. The predicted molar refractivity (Wildman–Crippen MR) is 154 cm³/mol. The molecule has 2 fully saturated rings. The molecule has 11 nitrogen and oxygen atoms in total. The average Bonchev–Trinajstić information content (AvgIpc) is 2.89. The van der Waals surface area contributed by atoms with Crippen LogP contribution < -0.4 is 27.8 Å². The third-order valence-corrected chi connectivity index (χ3v) is 7.28. The SMILES string of the molecule is CC(C)(N)C(=O)N1CCN(C(=O)Nc2ccn(-c3ccc(CCN[C@H]4CC[C@H](N)CC4)cc3)c(=O)n2)CC1.Cl. The Morgan fingerprint density at radius 1 is 1.00 bits per heavy atom. The summed E-state index contributed by atoms with van der Waals surface area (Å²) in [5.41, 5.74) is 12.4. The van der Waals surface area contributed by atoms with Crippen molar-refractivity contribution < 1.29 is 9.59 Å². The Morgan fingerprint density at radius 2 is 1.62 bits per heavy atom. The summed E-state index contributed by atoms with van der Waals surface area (Å²) in [6.07, 6.45) is 6.96. The number of halogens is 1. The molecule has 12 heteroatoms. The number of nitrogens with one attached hydrogen (secondary N) is 2. The van der Waals surface area contributed by atoms with E-state index in [1.807, 2.05) is 24.3 Å². The minimum absolute atomic E-state index is 0. The summed E-state index contributed by atoms with van der Waals surface area (Å²) < 4.78 is 1.45. The fraction of sp³-hybridized carbons (Fsp3) is 0.556. The molecule has 3 amide bonds. The van der Waals surface area contributed by atoms with Gasteiger partial charge in [0.1, 0.15) is 5.82 Å². The summed E-state index contributed by atoms with van der Waals surface area (Å²) in [6.45, 7) is 5.81. The number of aromatic nitrogens is 2. The largest absolute Gasteiger partial charge is 0.354 e. The highest BCUT2D eigenvalue weighted by Gasteiger charge is 2.31. The molecule has 0 radical (unpaired) electrons. The first-order valence-electron chi connectivity index (χ1n) is 13.4. The third-order valence-electron chi connectivity index (χ3n) is 7.28. The lowest BCUT2D eigenvalue weighted by molar-refractivity contribution is -0.137. The first-order chi connectivity index (χ1) is 18.1. The van der Waals surface area contributed by atoms with Gasteiger partial charge in [-0.2, -0.15) is 4.98 Å². The van der Waals surface area contributed by atoms with Crippen LogP contribution in [0.25, 0.3) is 5.69 Å². The van der Waals surface area contributed by atoms with Gasteiger partial charge in [0, 0.05) is 44.5 Å². The second-order valence-corrected chi connectivity index (χ2v) is 10.9. The quantitative estimate of drug-likeness (QED) is 0.400. The van der Waals surface area contributed by atoms with Crippen molar-refractivity contribution in [3.8, 4) is 5.69 Å². The van der Waals surface area contributed by atoms with E-state index in [4.69, 9.17) is 11.5 Å². The standard InChI is InChI=1S/C27H40N8O3.ClH/c1-27(2,29)24(36)33-15-17-34(18-16-33)25(37)31-23-12-14-35(26(38)32-23)22-9-3-19(4-10-22)11-13-30-21-7-5-20(28)6-8-21;/h3-4,9-10,12,14,20-21,30H,5-8,11,13,15-18,28-29H2,1-2H3,(H,31,32,37,38);1H/t20-,21-;. The fourth-order valence-electron chi connectivity index (χ4n) is 4.95. The van der Waals surface area contributed by atoms with Gasteiger partial charge in [-0.3, -0.25) is 14.7 Å². The summed E-state index contributed by atoms with van der Waals surface area (Å²) in [4.78, 5) is 45.0. The summed E-state index contributed by atoms with van der Waals surface area (Å²) in [5, 5.41) is 6.31. The van der Waals surface area contributed by atoms with Gasteiger partial charge in [0.15, 0.2) is 0 Å². The van der Waals surface area contributed by atoms with Crippen molar-refractivity contribution in [1.29, 1.82) is 0 Å². The van der Waals surface area contributed by atoms with E-state index in [1.54, 1.807) is 35.9 Å². The van der Waals surface area contributed by atoms with E-state index in [2.05, 4.69) is 15.6 Å². The van der Waals surface area contributed by atoms with Crippen molar-refractivity contribution in [1.82, 2.24) is 24.7 Å². The lowest BCUT2D eigenvalue weighted by Crippen LogP contribution is -2.58. The van der Waals surface area contributed by atoms with Crippen molar-refractivity contribution in [3.05, 3.63) is 52.6 Å². The van der Waals surface area contributed by atoms with Crippen LogP contribution in [0, 0.1) is 0 Å². The number of hydrogen-bond donors (Lipinski definition) is 4. The minimum Gasteiger partial charge on any atom is -0.338 e. The molecule has 39 heavy (non-hydrogen) atoms. The molecule has 4 rings (SSSR count). The van der Waals surface area contributed by atoms with Crippen LogP contribution in [0.2, 0.25) is 0 Å². The molecule has 0 atom stereocenters. The van der Waals surface area contributed by atoms with E-state index in [9.17, 15) is 14.4 Å². The molecule has 1 saturated carbocycles. The van der Waals surface area contributed by atoms with Crippen molar-refractivity contribution in [2.24, 2.45) is 11.5 Å². The second-order valence-electron chi connectivity index (χ2n) is 10.9. The van der Waals surface area contributed by atoms with Crippen LogP contribution in [-0.2, 0) is 11.2 Å². The first kappa shape index (κ1) is 30.6. The molecule has 2 aliphatic rings. The molecule has 6 N–H and O–H groups in total. The molecule has 0 bridgehead atoms. The number of nitrogens with zero attached hydrogens (tertiary/aromatic N) is 4. The summed E-state index contributed by atoms with van der Waals surface area (Å²) in [7, 11) is 0. The lowest BCUT2D eigenvalue weighted by atomic mass is 9.92. The Bertz CT molecular complexity index is 1160. The lowest BCUT2D eigenvalue weighted by Gasteiger charge is -2.37. The van der Waals surface area contributed by atoms with Crippen molar-refractivity contribution >= 4 is 30.2 Å². The maximum Gasteiger partial charge on any atom is 0.354 e. The molecule has 1 aromatic carbocycles. The number of amides is 3. The highest BCUT2D eigenvalue weighted by atomic mass is 35.5. The van der Waals surface area contributed by atoms with E-state index in [0.29, 0.717) is 44.0 Å². The van der Waals surface area contributed by atoms with Crippen molar-refractivity contribution in [2.45, 2.75) is 63.6 Å². The van der Waals surface area contributed by atoms with Gasteiger partial charge in [-0.1, -0.05) is 12.1 Å². The van der Waals surface area contributed by atoms with Crippen LogP contribution in [0.4, 0.5) is 10.6 Å². The summed E-state index contributed by atoms with van der Waals surface area (Å²) >= 11 is 0. The number of rotatable bonds is 7. The van der Waals surface area contributed by atoms with Gasteiger partial charge < -0.3 is 26.6 Å². The molecule has 1 aliphatic heterocycles. The zero-order chi connectivity index (χ0) is 27.3. The Hall–Kier alpha value is -2.99. The molecule has 1 aliphatic carbocycles. The molecular weight excluding hydrogens is 520 g/mol. The van der Waals surface area contributed by atoms with Crippen molar-refractivity contribution in [2.75, 3.05) is 38.0 Å². The van der Waals surface area contributed by atoms with Gasteiger partial charge in [0.2, 0.25) is 5.91 Å². The van der Waals surface area contributed by atoms with Gasteiger partial charge >= 0.3 is 11.7 Å². The average molecular weight is 561 g/mol. The van der Waals surface area contributed by atoms with Crippen LogP contribution in [0.15, 0.2) is 41.3 Å². The number of carbonyl (C=O) groups excluding carboxylic acids is 2. The van der Waals surface area contributed by atoms with Crippen LogP contribution in [0.1, 0.15) is 45.1 Å². The maximum absolute atomic E-state index is 12.7. The molecule has 0 spiro atoms. The zero-order valence-corrected chi connectivity index (χ0v) is 23.6. The maximum atomic E-state index is 12.7. The normalized spacial score (nSPS) is 19.8. The van der Waals surface area contributed by atoms with E-state index in [1.165, 1.54) is 10.1 Å². The van der Waals surface area contributed by atoms with Gasteiger partial charge in [-0.25, -0.2) is 9.59 Å². The van der Waals surface area contributed by atoms with E-state index in [0.717, 1.165) is 38.6 Å². The first-order valence-corrected chi connectivity index (χ1v) is 13.4. The highest BCUT2D eigenvalue weighted by Crippen LogP contribution is 2.17. The van der Waals surface area contributed by atoms with E-state index in [-0.39, 0.29) is 30.2 Å². The number of benzene rings is 1. The minimum atomic E-state index is -0.945. The third kappa shape index (κ3) is 8.25. The fourth-order valence-corrected chi connectivity index (χ4v) is 4.95. The van der Waals surface area contributed by atoms with Gasteiger partial charge in [-0.15, -0.1) is 12.4 Å². The number of anilines is 1. The number of nitrogens with two attached hydrogens (primary N) is 2. The molecule has 2 heterocycles.